The first kappa shape index (κ1) is 20.4. The summed E-state index contributed by atoms with van der Waals surface area (Å²) in [5.41, 5.74) is 13.3. The Labute approximate surface area is 155 Å². The number of fused-ring (bicyclic) bond motifs is 1. The number of dihydropyridines is 1. The first-order valence-electron chi connectivity index (χ1n) is 7.09. The quantitative estimate of drug-likeness (QED) is 0.328. The lowest BCUT2D eigenvalue weighted by atomic mass is 9.93. The van der Waals surface area contributed by atoms with Crippen LogP contribution < -0.4 is 21.5 Å². The summed E-state index contributed by atoms with van der Waals surface area (Å²) in [7, 11) is 0. The fourth-order valence-electron chi connectivity index (χ4n) is 2.32. The fourth-order valence-corrected chi connectivity index (χ4v) is 2.78. The zero-order chi connectivity index (χ0) is 20.5. The minimum Gasteiger partial charge on any atom is -0.475 e. The highest BCUT2D eigenvalue weighted by Gasteiger charge is 2.38. The van der Waals surface area contributed by atoms with Crippen LogP contribution in [0.4, 0.5) is 17.6 Å². The van der Waals surface area contributed by atoms with Crippen molar-refractivity contribution in [2.24, 2.45) is 11.5 Å². The molecule has 0 radical (unpaired) electrons. The monoisotopic (exact) mass is 404 g/mol. The molecule has 0 bridgehead atoms. The molecule has 7 nitrogen and oxygen atoms in total. The van der Waals surface area contributed by atoms with Gasteiger partial charge in [0, 0.05) is 5.56 Å². The first-order valence-corrected chi connectivity index (χ1v) is 7.61. The summed E-state index contributed by atoms with van der Waals surface area (Å²) in [4.78, 5) is 8.90. The van der Waals surface area contributed by atoms with Crippen LogP contribution in [-0.4, -0.2) is 23.4 Å². The summed E-state index contributed by atoms with van der Waals surface area (Å²) in [5.74, 6) is -2.91. The van der Waals surface area contributed by atoms with Crippen molar-refractivity contribution in [1.82, 2.24) is 5.32 Å². The second-order valence-electron chi connectivity index (χ2n) is 5.27. The maximum atomic E-state index is 13.8. The van der Waals surface area contributed by atoms with Crippen LogP contribution in [0.15, 0.2) is 40.9 Å². The van der Waals surface area contributed by atoms with E-state index in [4.69, 9.17) is 31.4 Å². The second kappa shape index (κ2) is 7.37. The Kier molecular flexibility index (Phi) is 5.57. The van der Waals surface area contributed by atoms with Gasteiger partial charge in [-0.25, -0.2) is 9.18 Å². The normalized spacial score (nSPS) is 20.9. The van der Waals surface area contributed by atoms with E-state index in [1.807, 2.05) is 6.07 Å². The number of hydrogen-bond donors (Lipinski definition) is 5. The maximum Gasteiger partial charge on any atom is 0.490 e. The van der Waals surface area contributed by atoms with Gasteiger partial charge in [0.25, 0.3) is 0 Å². The molecule has 144 valence electrons. The van der Waals surface area contributed by atoms with E-state index in [1.54, 1.807) is 12.1 Å². The lowest BCUT2D eigenvalue weighted by Gasteiger charge is -2.34. The van der Waals surface area contributed by atoms with E-state index in [9.17, 15) is 17.6 Å². The van der Waals surface area contributed by atoms with E-state index >= 15 is 0 Å². The van der Waals surface area contributed by atoms with Gasteiger partial charge in [0.2, 0.25) is 5.88 Å². The molecule has 3 rings (SSSR count). The van der Waals surface area contributed by atoms with Crippen LogP contribution >= 0.6 is 12.6 Å². The molecule has 12 heteroatoms. The number of thiol groups is 1. The minimum absolute atomic E-state index is 0.0964. The number of ether oxygens (including phenoxy) is 1. The number of carboxylic acid groups (broad SMARTS) is 1. The molecule has 0 aromatic heterocycles. The van der Waals surface area contributed by atoms with Crippen LogP contribution in [0.25, 0.3) is 0 Å². The fraction of sp³-hybridized carbons (Fsp3) is 0.200. The summed E-state index contributed by atoms with van der Waals surface area (Å²) in [6, 6.07) is 6.53. The number of rotatable bonds is 0. The van der Waals surface area contributed by atoms with Crippen molar-refractivity contribution in [3.8, 4) is 11.8 Å². The molecule has 0 saturated carbocycles. The van der Waals surface area contributed by atoms with Gasteiger partial charge in [-0.05, 0) is 6.07 Å². The summed E-state index contributed by atoms with van der Waals surface area (Å²) in [5, 5.41) is 18.5. The lowest BCUT2D eigenvalue weighted by molar-refractivity contribution is -0.192. The number of nitriles is 1. The number of carbonyl (C=O) groups is 1. The zero-order valence-electron chi connectivity index (χ0n) is 13.2. The number of nitrogens with two attached hydrogens (primary N) is 2. The Hall–Kier alpha value is -2.91. The standard InChI is InChI=1S/C13H11FN4OS.C2HF3O2/c14-7-3-1-2-5-10(7)19-13-8(11(5)20)9(16)6(4-15)12(17)18-13;3-2(4,5)1(6)7/h1-3,11-12,18,20H,16-17H2;(H,6,7). The van der Waals surface area contributed by atoms with Gasteiger partial charge >= 0.3 is 12.1 Å². The van der Waals surface area contributed by atoms with Gasteiger partial charge in [0.05, 0.1) is 22.1 Å². The molecule has 2 atom stereocenters. The Bertz CT molecular complexity index is 892. The molecule has 0 saturated heterocycles. The van der Waals surface area contributed by atoms with Gasteiger partial charge in [-0.2, -0.15) is 31.1 Å². The highest BCUT2D eigenvalue weighted by molar-refractivity contribution is 7.80. The molecule has 2 aliphatic heterocycles. The molecule has 0 aliphatic carbocycles. The molecular weight excluding hydrogens is 392 g/mol. The molecule has 2 heterocycles. The number of halogens is 4. The smallest absolute Gasteiger partial charge is 0.475 e. The van der Waals surface area contributed by atoms with E-state index in [2.05, 4.69) is 17.9 Å². The molecule has 0 amide bonds. The van der Waals surface area contributed by atoms with E-state index in [1.165, 1.54) is 6.07 Å². The van der Waals surface area contributed by atoms with Crippen molar-refractivity contribution in [3.63, 3.8) is 0 Å². The minimum atomic E-state index is -5.08. The third-order valence-electron chi connectivity index (χ3n) is 3.56. The van der Waals surface area contributed by atoms with E-state index in [0.717, 1.165) is 0 Å². The van der Waals surface area contributed by atoms with Gasteiger partial charge in [-0.1, -0.05) is 12.1 Å². The molecule has 0 spiro atoms. The SMILES string of the molecule is N#CC1=C(N)C2=C(NC1N)Oc1c(F)cccc1C2S.O=C(O)C(F)(F)F. The number of nitrogens with one attached hydrogen (secondary N) is 1. The van der Waals surface area contributed by atoms with Gasteiger partial charge in [0.15, 0.2) is 11.6 Å². The Morgan fingerprint density at radius 1 is 1.41 bits per heavy atom. The molecular formula is C15H12F4N4O3S. The highest BCUT2D eigenvalue weighted by Crippen LogP contribution is 2.45. The Balaban J connectivity index is 0.000000321. The molecule has 2 aliphatic rings. The first-order chi connectivity index (χ1) is 12.5. The van der Waals surface area contributed by atoms with Gasteiger partial charge < -0.3 is 26.6 Å². The van der Waals surface area contributed by atoms with Crippen molar-refractivity contribution in [2.45, 2.75) is 17.6 Å². The number of benzene rings is 1. The van der Waals surface area contributed by atoms with Crippen LogP contribution in [0.1, 0.15) is 10.8 Å². The van der Waals surface area contributed by atoms with E-state index in [0.29, 0.717) is 11.1 Å². The van der Waals surface area contributed by atoms with Gasteiger partial charge in [0.1, 0.15) is 12.2 Å². The molecule has 1 aromatic rings. The summed E-state index contributed by atoms with van der Waals surface area (Å²) < 4.78 is 51.1. The molecule has 0 fully saturated rings. The second-order valence-corrected chi connectivity index (χ2v) is 5.79. The Morgan fingerprint density at radius 2 is 2.00 bits per heavy atom. The van der Waals surface area contributed by atoms with Crippen molar-refractivity contribution in [2.75, 3.05) is 0 Å². The number of carboxylic acids is 1. The van der Waals surface area contributed by atoms with Crippen molar-refractivity contribution >= 4 is 18.6 Å². The number of para-hydroxylation sites is 1. The average molecular weight is 404 g/mol. The average Bonchev–Trinajstić information content (AvgIpc) is 2.55. The Morgan fingerprint density at radius 3 is 2.52 bits per heavy atom. The summed E-state index contributed by atoms with van der Waals surface area (Å²) in [6.07, 6.45) is -5.87. The molecule has 2 unspecified atom stereocenters. The number of allylic oxidation sites excluding steroid dienone is 1. The number of nitrogens with zero attached hydrogens (tertiary/aromatic N) is 1. The van der Waals surface area contributed by atoms with Crippen LogP contribution in [0.3, 0.4) is 0 Å². The van der Waals surface area contributed by atoms with Crippen LogP contribution in [0.5, 0.6) is 5.75 Å². The van der Waals surface area contributed by atoms with Crippen LogP contribution in [-0.2, 0) is 4.79 Å². The predicted molar refractivity (Wildman–Crippen MR) is 87.4 cm³/mol. The van der Waals surface area contributed by atoms with Gasteiger partial charge in [-0.3, -0.25) is 0 Å². The highest BCUT2D eigenvalue weighted by atomic mass is 32.1. The number of hydrogen-bond acceptors (Lipinski definition) is 7. The number of aliphatic carboxylic acids is 1. The summed E-state index contributed by atoms with van der Waals surface area (Å²) in [6.45, 7) is 0. The largest absolute Gasteiger partial charge is 0.490 e. The third kappa shape index (κ3) is 3.93. The molecule has 27 heavy (non-hydrogen) atoms. The van der Waals surface area contributed by atoms with E-state index < -0.39 is 29.4 Å². The number of alkyl halides is 3. The molecule has 6 N–H and O–H groups in total. The van der Waals surface area contributed by atoms with Crippen LogP contribution in [0.2, 0.25) is 0 Å². The van der Waals surface area contributed by atoms with E-state index in [-0.39, 0.29) is 22.9 Å². The maximum absolute atomic E-state index is 13.8. The van der Waals surface area contributed by atoms with Crippen molar-refractivity contribution in [3.05, 3.63) is 52.3 Å². The predicted octanol–water partition coefficient (Wildman–Crippen LogP) is 1.66. The summed E-state index contributed by atoms with van der Waals surface area (Å²) >= 11 is 4.47. The lowest BCUT2D eigenvalue weighted by Crippen LogP contribution is -2.46. The van der Waals surface area contributed by atoms with Crippen molar-refractivity contribution < 1.29 is 32.2 Å². The zero-order valence-corrected chi connectivity index (χ0v) is 14.1. The van der Waals surface area contributed by atoms with Gasteiger partial charge in [-0.15, -0.1) is 0 Å². The third-order valence-corrected chi connectivity index (χ3v) is 4.09. The van der Waals surface area contributed by atoms with Crippen molar-refractivity contribution in [1.29, 1.82) is 5.26 Å². The topological polar surface area (TPSA) is 134 Å². The van der Waals surface area contributed by atoms with Crippen LogP contribution in [0, 0.1) is 17.1 Å². The molecule has 1 aromatic carbocycles.